The third-order valence-corrected chi connectivity index (χ3v) is 5.74. The zero-order chi connectivity index (χ0) is 22.0. The summed E-state index contributed by atoms with van der Waals surface area (Å²) in [7, 11) is 1.64. The van der Waals surface area contributed by atoms with E-state index in [1.54, 1.807) is 7.11 Å². The molecule has 6 nitrogen and oxygen atoms in total. The summed E-state index contributed by atoms with van der Waals surface area (Å²) in [5.74, 6) is 1.24. The van der Waals surface area contributed by atoms with Crippen molar-refractivity contribution < 1.29 is 14.3 Å². The molecule has 0 radical (unpaired) electrons. The lowest BCUT2D eigenvalue weighted by atomic mass is 9.90. The first-order valence-corrected chi connectivity index (χ1v) is 10.4. The third-order valence-electron chi connectivity index (χ3n) is 5.74. The van der Waals surface area contributed by atoms with Crippen molar-refractivity contribution in [1.82, 2.24) is 4.98 Å². The molecule has 1 fully saturated rings. The van der Waals surface area contributed by atoms with Crippen molar-refractivity contribution in [2.75, 3.05) is 31.7 Å². The molecule has 4 rings (SSSR count). The summed E-state index contributed by atoms with van der Waals surface area (Å²) < 4.78 is 10.9. The smallest absolute Gasteiger partial charge is 0.249 e. The molecule has 1 unspecified atom stereocenters. The lowest BCUT2D eigenvalue weighted by Gasteiger charge is -2.32. The summed E-state index contributed by atoms with van der Waals surface area (Å²) in [5.41, 5.74) is 10.8. The molecule has 0 saturated carbocycles. The average Bonchev–Trinajstić information content (AvgIpc) is 2.79. The van der Waals surface area contributed by atoms with Crippen molar-refractivity contribution in [1.29, 1.82) is 0 Å². The minimum absolute atomic E-state index is 0.185. The van der Waals surface area contributed by atoms with Crippen LogP contribution in [0.4, 0.5) is 5.82 Å². The Morgan fingerprint density at radius 3 is 2.42 bits per heavy atom. The average molecular weight is 418 g/mol. The van der Waals surface area contributed by atoms with Gasteiger partial charge in [-0.3, -0.25) is 4.79 Å². The number of anilines is 1. The molecule has 2 heterocycles. The highest BCUT2D eigenvalue weighted by Gasteiger charge is 2.20. The molecule has 31 heavy (non-hydrogen) atoms. The quantitative estimate of drug-likeness (QED) is 0.677. The summed E-state index contributed by atoms with van der Waals surface area (Å²) in [6.07, 6.45) is 1.99. The summed E-state index contributed by atoms with van der Waals surface area (Å²) in [6.45, 7) is 6.32. The molecule has 0 aliphatic carbocycles. The predicted octanol–water partition coefficient (Wildman–Crippen LogP) is 4.06. The van der Waals surface area contributed by atoms with Gasteiger partial charge in [-0.15, -0.1) is 0 Å². The number of carbonyl (C=O) groups is 1. The molecule has 0 bridgehead atoms. The highest BCUT2D eigenvalue weighted by molar-refractivity contribution is 6.03. The number of carbonyl (C=O) groups excluding carboxylic acids is 1. The van der Waals surface area contributed by atoms with Gasteiger partial charge in [0, 0.05) is 24.8 Å². The Morgan fingerprint density at radius 2 is 1.81 bits per heavy atom. The molecule has 1 aromatic heterocycles. The zero-order valence-electron chi connectivity index (χ0n) is 18.1. The fourth-order valence-corrected chi connectivity index (χ4v) is 4.11. The number of rotatable bonds is 5. The fraction of sp³-hybridized carbons (Fsp3) is 0.280. The number of benzene rings is 2. The van der Waals surface area contributed by atoms with Crippen LogP contribution in [-0.4, -0.2) is 43.8 Å². The van der Waals surface area contributed by atoms with E-state index >= 15 is 0 Å². The first-order chi connectivity index (χ1) is 15.0. The molecule has 1 saturated heterocycles. The minimum atomic E-state index is -0.450. The van der Waals surface area contributed by atoms with Crippen LogP contribution in [0.1, 0.15) is 22.8 Å². The summed E-state index contributed by atoms with van der Waals surface area (Å²) >= 11 is 0. The first kappa shape index (κ1) is 20.9. The molecule has 1 amide bonds. The Balaban J connectivity index is 1.69. The van der Waals surface area contributed by atoms with Gasteiger partial charge in [0.25, 0.3) is 0 Å². The van der Waals surface area contributed by atoms with Crippen LogP contribution in [0.25, 0.3) is 22.3 Å². The van der Waals surface area contributed by atoms with Crippen molar-refractivity contribution in [2.45, 2.75) is 20.0 Å². The van der Waals surface area contributed by atoms with Crippen LogP contribution in [0, 0.1) is 6.92 Å². The van der Waals surface area contributed by atoms with E-state index in [4.69, 9.17) is 15.2 Å². The van der Waals surface area contributed by atoms with Gasteiger partial charge in [-0.05, 0) is 60.4 Å². The molecular weight excluding hydrogens is 390 g/mol. The number of ether oxygens (including phenoxy) is 2. The topological polar surface area (TPSA) is 77.7 Å². The van der Waals surface area contributed by atoms with Crippen molar-refractivity contribution in [3.05, 3.63) is 65.9 Å². The maximum atomic E-state index is 12.4. The fourth-order valence-electron chi connectivity index (χ4n) is 4.11. The van der Waals surface area contributed by atoms with Crippen LogP contribution >= 0.6 is 0 Å². The van der Waals surface area contributed by atoms with E-state index < -0.39 is 5.91 Å². The van der Waals surface area contributed by atoms with Crippen molar-refractivity contribution in [3.63, 3.8) is 0 Å². The van der Waals surface area contributed by atoms with Crippen LogP contribution in [0.2, 0.25) is 0 Å². The molecule has 2 N–H and O–H groups in total. The number of primary amides is 1. The zero-order valence-corrected chi connectivity index (χ0v) is 18.1. The maximum Gasteiger partial charge on any atom is 0.249 e. The third kappa shape index (κ3) is 4.25. The van der Waals surface area contributed by atoms with Gasteiger partial charge >= 0.3 is 0 Å². The summed E-state index contributed by atoms with van der Waals surface area (Å²) in [5, 5.41) is 0. The van der Waals surface area contributed by atoms with Gasteiger partial charge in [0.1, 0.15) is 11.6 Å². The Hall–Kier alpha value is -3.38. The lowest BCUT2D eigenvalue weighted by molar-refractivity contribution is 0.0529. The molecule has 1 atom stereocenters. The number of amides is 1. The van der Waals surface area contributed by atoms with Crippen molar-refractivity contribution in [3.8, 4) is 28.0 Å². The Morgan fingerprint density at radius 1 is 1.10 bits per heavy atom. The van der Waals surface area contributed by atoms with Gasteiger partial charge in [0.15, 0.2) is 0 Å². The molecular formula is C25H27N3O3. The normalized spacial score (nSPS) is 16.2. The van der Waals surface area contributed by atoms with Gasteiger partial charge in [0.2, 0.25) is 5.91 Å². The number of aromatic nitrogens is 1. The Kier molecular flexibility index (Phi) is 5.91. The Labute approximate surface area is 182 Å². The lowest BCUT2D eigenvalue weighted by Crippen LogP contribution is -2.41. The second-order valence-corrected chi connectivity index (χ2v) is 7.79. The highest BCUT2D eigenvalue weighted by Crippen LogP contribution is 2.34. The van der Waals surface area contributed by atoms with E-state index in [2.05, 4.69) is 16.8 Å². The van der Waals surface area contributed by atoms with Crippen LogP contribution in [0.5, 0.6) is 5.75 Å². The van der Waals surface area contributed by atoms with E-state index in [-0.39, 0.29) is 6.10 Å². The van der Waals surface area contributed by atoms with E-state index in [1.165, 1.54) is 0 Å². The van der Waals surface area contributed by atoms with Gasteiger partial charge in [0.05, 0.1) is 25.4 Å². The largest absolute Gasteiger partial charge is 0.497 e. The van der Waals surface area contributed by atoms with Gasteiger partial charge in [-0.25, -0.2) is 4.98 Å². The number of nitrogens with zero attached hydrogens (tertiary/aromatic N) is 2. The number of hydrogen-bond acceptors (Lipinski definition) is 5. The second-order valence-electron chi connectivity index (χ2n) is 7.79. The van der Waals surface area contributed by atoms with E-state index in [1.807, 2.05) is 61.7 Å². The SMILES string of the molecule is COc1ccc(-c2ccc(-c3ccc(N4CCOC(C)C4)nc3)c(C(N)=O)c2C)cc1. The number of methoxy groups -OCH3 is 1. The second kappa shape index (κ2) is 8.78. The summed E-state index contributed by atoms with van der Waals surface area (Å²) in [4.78, 5) is 19.3. The van der Waals surface area contributed by atoms with Crippen molar-refractivity contribution >= 4 is 11.7 Å². The van der Waals surface area contributed by atoms with Crippen LogP contribution in [0.3, 0.4) is 0 Å². The number of hydrogen-bond donors (Lipinski definition) is 1. The van der Waals surface area contributed by atoms with Crippen molar-refractivity contribution in [2.24, 2.45) is 5.73 Å². The van der Waals surface area contributed by atoms with Crippen LogP contribution in [-0.2, 0) is 4.74 Å². The van der Waals surface area contributed by atoms with Gasteiger partial charge < -0.3 is 20.1 Å². The predicted molar refractivity (Wildman–Crippen MR) is 123 cm³/mol. The molecule has 3 aromatic rings. The molecule has 160 valence electrons. The standard InChI is InChI=1S/C25H27N3O3/c1-16-15-28(12-13-31-16)23-11-6-19(14-27-23)22-10-9-21(17(2)24(22)25(26)29)18-4-7-20(30-3)8-5-18/h4-11,14,16H,12-13,15H2,1-3H3,(H2,26,29). The molecule has 0 spiro atoms. The maximum absolute atomic E-state index is 12.4. The van der Waals surface area contributed by atoms with E-state index in [0.29, 0.717) is 12.2 Å². The van der Waals surface area contributed by atoms with Gasteiger partial charge in [-0.2, -0.15) is 0 Å². The molecule has 6 heteroatoms. The molecule has 1 aliphatic rings. The van der Waals surface area contributed by atoms with E-state index in [0.717, 1.165) is 52.5 Å². The molecule has 2 aromatic carbocycles. The Bertz CT molecular complexity index is 1080. The van der Waals surface area contributed by atoms with Crippen LogP contribution < -0.4 is 15.4 Å². The number of nitrogens with two attached hydrogens (primary N) is 1. The van der Waals surface area contributed by atoms with E-state index in [9.17, 15) is 4.79 Å². The summed E-state index contributed by atoms with van der Waals surface area (Å²) in [6, 6.07) is 15.7. The van der Waals surface area contributed by atoms with Gasteiger partial charge in [-0.1, -0.05) is 24.3 Å². The first-order valence-electron chi connectivity index (χ1n) is 10.4. The number of morpholine rings is 1. The highest BCUT2D eigenvalue weighted by atomic mass is 16.5. The van der Waals surface area contributed by atoms with Crippen LogP contribution in [0.15, 0.2) is 54.7 Å². The number of pyridine rings is 1. The minimum Gasteiger partial charge on any atom is -0.497 e. The monoisotopic (exact) mass is 417 g/mol. The molecule has 1 aliphatic heterocycles.